The molecule has 4 nitrogen and oxygen atoms in total. The zero-order chi connectivity index (χ0) is 11.9. The van der Waals surface area contributed by atoms with Crippen molar-refractivity contribution < 1.29 is 4.79 Å². The number of carbonyl (C=O) groups is 1. The van der Waals surface area contributed by atoms with Crippen LogP contribution in [0.5, 0.6) is 0 Å². The van der Waals surface area contributed by atoms with Crippen molar-refractivity contribution in [1.29, 1.82) is 0 Å². The molecule has 0 aromatic carbocycles. The molecule has 1 amide bonds. The minimum absolute atomic E-state index is 0.0192. The van der Waals surface area contributed by atoms with Gasteiger partial charge in [-0.15, -0.1) is 0 Å². The van der Waals surface area contributed by atoms with Gasteiger partial charge in [-0.2, -0.15) is 5.10 Å². The summed E-state index contributed by atoms with van der Waals surface area (Å²) in [6, 6.07) is 0.525. The van der Waals surface area contributed by atoms with Gasteiger partial charge in [0, 0.05) is 11.6 Å². The molecule has 0 aliphatic heterocycles. The normalized spacial score (nSPS) is 16.2. The maximum absolute atomic E-state index is 11.8. The lowest BCUT2D eigenvalue weighted by atomic mass is 9.96. The summed E-state index contributed by atoms with van der Waals surface area (Å²) < 4.78 is 2.76. The van der Waals surface area contributed by atoms with Gasteiger partial charge in [-0.05, 0) is 28.8 Å². The number of aromatic nitrogens is 2. The molecule has 1 aliphatic rings. The fourth-order valence-electron chi connectivity index (χ4n) is 1.28. The lowest BCUT2D eigenvalue weighted by Gasteiger charge is -2.16. The molecule has 2 rings (SSSR count). The van der Waals surface area contributed by atoms with Gasteiger partial charge in [-0.25, -0.2) is 0 Å². The number of halogens is 1. The van der Waals surface area contributed by atoms with Crippen LogP contribution in [-0.4, -0.2) is 15.7 Å². The van der Waals surface area contributed by atoms with Gasteiger partial charge in [0.2, 0.25) is 5.91 Å². The number of nitrogens with one attached hydrogen (secondary N) is 1. The third kappa shape index (κ3) is 2.45. The van der Waals surface area contributed by atoms with Crippen molar-refractivity contribution in [2.75, 3.05) is 5.32 Å². The van der Waals surface area contributed by atoms with Gasteiger partial charge >= 0.3 is 0 Å². The SMILES string of the molecule is CC(C)(C)C(=O)Nc1nn(C2CC2)cc1Br. The van der Waals surface area contributed by atoms with E-state index in [0.717, 1.165) is 4.47 Å². The molecule has 88 valence electrons. The third-order valence-electron chi connectivity index (χ3n) is 2.52. The van der Waals surface area contributed by atoms with Crippen LogP contribution in [-0.2, 0) is 4.79 Å². The first-order valence-corrected chi connectivity index (χ1v) is 6.23. The summed E-state index contributed by atoms with van der Waals surface area (Å²) >= 11 is 3.41. The van der Waals surface area contributed by atoms with Crippen molar-refractivity contribution in [3.05, 3.63) is 10.7 Å². The molecule has 16 heavy (non-hydrogen) atoms. The summed E-state index contributed by atoms with van der Waals surface area (Å²) in [5.41, 5.74) is -0.400. The van der Waals surface area contributed by atoms with Crippen LogP contribution in [0, 0.1) is 5.41 Å². The van der Waals surface area contributed by atoms with Crippen molar-refractivity contribution in [2.24, 2.45) is 5.41 Å². The van der Waals surface area contributed by atoms with Crippen LogP contribution in [0.1, 0.15) is 39.7 Å². The lowest BCUT2D eigenvalue weighted by molar-refractivity contribution is -0.123. The fraction of sp³-hybridized carbons (Fsp3) is 0.636. The molecule has 1 saturated carbocycles. The molecule has 0 saturated heterocycles. The maximum Gasteiger partial charge on any atom is 0.230 e. The van der Waals surface area contributed by atoms with E-state index in [9.17, 15) is 4.79 Å². The fourth-order valence-corrected chi connectivity index (χ4v) is 1.66. The Labute approximate surface area is 104 Å². The second-order valence-electron chi connectivity index (χ2n) is 5.24. The van der Waals surface area contributed by atoms with Crippen LogP contribution < -0.4 is 5.32 Å². The molecule has 0 spiro atoms. The van der Waals surface area contributed by atoms with E-state index in [1.807, 2.05) is 31.6 Å². The van der Waals surface area contributed by atoms with Gasteiger partial charge in [0.1, 0.15) is 0 Å². The minimum atomic E-state index is -0.400. The van der Waals surface area contributed by atoms with Crippen molar-refractivity contribution in [3.63, 3.8) is 0 Å². The summed E-state index contributed by atoms with van der Waals surface area (Å²) in [5.74, 6) is 0.598. The first-order valence-electron chi connectivity index (χ1n) is 5.44. The van der Waals surface area contributed by atoms with E-state index in [4.69, 9.17) is 0 Å². The molecule has 0 bridgehead atoms. The number of hydrogen-bond donors (Lipinski definition) is 1. The maximum atomic E-state index is 11.8. The number of nitrogens with zero attached hydrogens (tertiary/aromatic N) is 2. The predicted molar refractivity (Wildman–Crippen MR) is 66.3 cm³/mol. The Morgan fingerprint density at radius 1 is 1.56 bits per heavy atom. The van der Waals surface area contributed by atoms with Crippen molar-refractivity contribution >= 4 is 27.7 Å². The van der Waals surface area contributed by atoms with E-state index < -0.39 is 5.41 Å². The van der Waals surface area contributed by atoms with E-state index in [2.05, 4.69) is 26.3 Å². The molecular weight excluding hydrogens is 270 g/mol. The van der Waals surface area contributed by atoms with Gasteiger partial charge < -0.3 is 5.32 Å². The van der Waals surface area contributed by atoms with Gasteiger partial charge in [-0.3, -0.25) is 9.48 Å². The molecule has 1 aliphatic carbocycles. The highest BCUT2D eigenvalue weighted by Crippen LogP contribution is 2.36. The summed E-state index contributed by atoms with van der Waals surface area (Å²) in [7, 11) is 0. The Balaban J connectivity index is 2.12. The van der Waals surface area contributed by atoms with Crippen LogP contribution in [0.15, 0.2) is 10.7 Å². The quantitative estimate of drug-likeness (QED) is 0.908. The van der Waals surface area contributed by atoms with Gasteiger partial charge in [0.15, 0.2) is 5.82 Å². The highest BCUT2D eigenvalue weighted by atomic mass is 79.9. The number of carbonyl (C=O) groups excluding carboxylic acids is 1. The van der Waals surface area contributed by atoms with E-state index in [1.165, 1.54) is 12.8 Å². The summed E-state index contributed by atoms with van der Waals surface area (Å²) in [6.45, 7) is 5.65. The third-order valence-corrected chi connectivity index (χ3v) is 3.10. The summed E-state index contributed by atoms with van der Waals surface area (Å²) in [6.07, 6.45) is 4.29. The van der Waals surface area contributed by atoms with Gasteiger partial charge in [0.05, 0.1) is 10.5 Å². The highest BCUT2D eigenvalue weighted by molar-refractivity contribution is 9.10. The van der Waals surface area contributed by atoms with Crippen molar-refractivity contribution in [3.8, 4) is 0 Å². The van der Waals surface area contributed by atoms with Crippen molar-refractivity contribution in [1.82, 2.24) is 9.78 Å². The average Bonchev–Trinajstić information content (AvgIpc) is 2.92. The standard InChI is InChI=1S/C11H16BrN3O/c1-11(2,3)10(16)13-9-8(12)6-15(14-9)7-4-5-7/h6-7H,4-5H2,1-3H3,(H,13,14,16). The molecule has 1 fully saturated rings. The Morgan fingerprint density at radius 3 is 2.69 bits per heavy atom. The van der Waals surface area contributed by atoms with Gasteiger partial charge in [-0.1, -0.05) is 20.8 Å². The Kier molecular flexibility index (Phi) is 2.82. The van der Waals surface area contributed by atoms with E-state index >= 15 is 0 Å². The second kappa shape index (κ2) is 3.87. The second-order valence-corrected chi connectivity index (χ2v) is 6.10. The van der Waals surface area contributed by atoms with Crippen molar-refractivity contribution in [2.45, 2.75) is 39.7 Å². The minimum Gasteiger partial charge on any atom is -0.308 e. The van der Waals surface area contributed by atoms with Crippen LogP contribution in [0.4, 0.5) is 5.82 Å². The number of anilines is 1. The molecule has 0 unspecified atom stereocenters. The topological polar surface area (TPSA) is 46.9 Å². The lowest BCUT2D eigenvalue weighted by Crippen LogP contribution is -2.28. The number of amides is 1. The van der Waals surface area contributed by atoms with Gasteiger partial charge in [0.25, 0.3) is 0 Å². The molecule has 1 aromatic rings. The zero-order valence-electron chi connectivity index (χ0n) is 9.75. The molecule has 1 heterocycles. The van der Waals surface area contributed by atoms with Crippen LogP contribution in [0.25, 0.3) is 0 Å². The predicted octanol–water partition coefficient (Wildman–Crippen LogP) is 2.97. The van der Waals surface area contributed by atoms with Crippen LogP contribution in [0.2, 0.25) is 0 Å². The monoisotopic (exact) mass is 285 g/mol. The summed E-state index contributed by atoms with van der Waals surface area (Å²) in [5, 5.41) is 7.20. The Bertz CT molecular complexity index is 415. The molecule has 0 radical (unpaired) electrons. The molecule has 0 atom stereocenters. The molecule has 1 N–H and O–H groups in total. The van der Waals surface area contributed by atoms with Crippen LogP contribution >= 0.6 is 15.9 Å². The zero-order valence-corrected chi connectivity index (χ0v) is 11.3. The average molecular weight is 286 g/mol. The van der Waals surface area contributed by atoms with Crippen LogP contribution in [0.3, 0.4) is 0 Å². The molecule has 1 aromatic heterocycles. The first-order chi connectivity index (χ1) is 7.38. The largest absolute Gasteiger partial charge is 0.308 e. The molecular formula is C11H16BrN3O. The van der Waals surface area contributed by atoms with E-state index in [-0.39, 0.29) is 5.91 Å². The Morgan fingerprint density at radius 2 is 2.19 bits per heavy atom. The number of rotatable bonds is 2. The summed E-state index contributed by atoms with van der Waals surface area (Å²) in [4.78, 5) is 11.8. The highest BCUT2D eigenvalue weighted by Gasteiger charge is 2.27. The first kappa shape index (κ1) is 11.6. The number of hydrogen-bond acceptors (Lipinski definition) is 2. The van der Waals surface area contributed by atoms with E-state index in [0.29, 0.717) is 11.9 Å². The van der Waals surface area contributed by atoms with E-state index in [1.54, 1.807) is 0 Å². The Hall–Kier alpha value is -0.840. The molecule has 5 heteroatoms. The smallest absolute Gasteiger partial charge is 0.230 e.